The van der Waals surface area contributed by atoms with Crippen LogP contribution in [0.2, 0.25) is 0 Å². The summed E-state index contributed by atoms with van der Waals surface area (Å²) in [6, 6.07) is 16.5. The van der Waals surface area contributed by atoms with E-state index < -0.39 is 0 Å². The molecule has 0 bridgehead atoms. The predicted molar refractivity (Wildman–Crippen MR) is 102 cm³/mol. The summed E-state index contributed by atoms with van der Waals surface area (Å²) < 4.78 is 0. The van der Waals surface area contributed by atoms with Gasteiger partial charge in [0.25, 0.3) is 0 Å². The number of anilines is 1. The van der Waals surface area contributed by atoms with E-state index in [4.69, 9.17) is 0 Å². The van der Waals surface area contributed by atoms with Gasteiger partial charge in [-0.15, -0.1) is 0 Å². The molecule has 4 rings (SSSR count). The molecule has 0 radical (unpaired) electrons. The maximum Gasteiger partial charge on any atom is 0.0399 e. The molecular formula is C22H28N2. The Hall–Kier alpha value is -1.80. The Bertz CT molecular complexity index is 714. The zero-order valence-corrected chi connectivity index (χ0v) is 15.0. The van der Waals surface area contributed by atoms with E-state index in [-0.39, 0.29) is 0 Å². The van der Waals surface area contributed by atoms with Gasteiger partial charge in [0.1, 0.15) is 0 Å². The molecule has 2 aliphatic rings. The second-order valence-corrected chi connectivity index (χ2v) is 7.41. The molecule has 24 heavy (non-hydrogen) atoms. The van der Waals surface area contributed by atoms with Crippen molar-refractivity contribution in [3.63, 3.8) is 0 Å². The van der Waals surface area contributed by atoms with E-state index in [2.05, 4.69) is 66.1 Å². The normalized spacial score (nSPS) is 21.6. The molecule has 1 aliphatic carbocycles. The van der Waals surface area contributed by atoms with E-state index in [1.165, 1.54) is 49.2 Å². The molecule has 0 aromatic heterocycles. The van der Waals surface area contributed by atoms with E-state index in [9.17, 15) is 0 Å². The fourth-order valence-corrected chi connectivity index (χ4v) is 4.40. The van der Waals surface area contributed by atoms with Gasteiger partial charge < -0.3 is 4.90 Å². The molecule has 0 N–H and O–H groups in total. The number of fused-ring (bicyclic) bond motifs is 1. The molecule has 2 aromatic carbocycles. The lowest BCUT2D eigenvalue weighted by Gasteiger charge is -2.42. The van der Waals surface area contributed by atoms with Gasteiger partial charge in [-0.05, 0) is 61.4 Å². The van der Waals surface area contributed by atoms with Crippen LogP contribution in [0, 0.1) is 13.8 Å². The van der Waals surface area contributed by atoms with Gasteiger partial charge in [-0.1, -0.05) is 36.4 Å². The summed E-state index contributed by atoms with van der Waals surface area (Å²) in [6.07, 6.45) is 3.80. The monoisotopic (exact) mass is 320 g/mol. The minimum atomic E-state index is 0.737. The zero-order chi connectivity index (χ0) is 16.5. The maximum absolute atomic E-state index is 2.73. The van der Waals surface area contributed by atoms with Crippen molar-refractivity contribution in [2.45, 2.75) is 39.2 Å². The van der Waals surface area contributed by atoms with Crippen molar-refractivity contribution >= 4 is 5.69 Å². The SMILES string of the molecule is Cc1cccc(N2CCN([C@H]3CCc4ccccc4C3)CC2)c1C. The van der Waals surface area contributed by atoms with Crippen LogP contribution in [0.3, 0.4) is 0 Å². The molecular weight excluding hydrogens is 292 g/mol. The minimum absolute atomic E-state index is 0.737. The molecule has 0 spiro atoms. The number of rotatable bonds is 2. The molecule has 0 saturated carbocycles. The number of hydrogen-bond acceptors (Lipinski definition) is 2. The lowest BCUT2D eigenvalue weighted by atomic mass is 9.87. The summed E-state index contributed by atoms with van der Waals surface area (Å²) in [5.41, 5.74) is 7.42. The second-order valence-electron chi connectivity index (χ2n) is 7.41. The highest BCUT2D eigenvalue weighted by Crippen LogP contribution is 2.27. The molecule has 126 valence electrons. The first-order valence-electron chi connectivity index (χ1n) is 9.34. The molecule has 2 aromatic rings. The zero-order valence-electron chi connectivity index (χ0n) is 15.0. The van der Waals surface area contributed by atoms with E-state index in [1.807, 2.05) is 0 Å². The lowest BCUT2D eigenvalue weighted by Crippen LogP contribution is -2.52. The largest absolute Gasteiger partial charge is 0.369 e. The number of hydrogen-bond donors (Lipinski definition) is 0. The van der Waals surface area contributed by atoms with Crippen LogP contribution in [0.25, 0.3) is 0 Å². The van der Waals surface area contributed by atoms with Gasteiger partial charge in [0.15, 0.2) is 0 Å². The van der Waals surface area contributed by atoms with Gasteiger partial charge in [0, 0.05) is 37.9 Å². The third-order valence-electron chi connectivity index (χ3n) is 6.07. The maximum atomic E-state index is 2.73. The van der Waals surface area contributed by atoms with E-state index >= 15 is 0 Å². The van der Waals surface area contributed by atoms with Crippen LogP contribution in [-0.4, -0.2) is 37.1 Å². The standard InChI is InChI=1S/C22H28N2/c1-17-6-5-9-22(18(17)2)24-14-12-23(13-15-24)21-11-10-19-7-3-4-8-20(19)16-21/h3-9,21H,10-16H2,1-2H3/t21-/m0/s1. The van der Waals surface area contributed by atoms with Crippen molar-refractivity contribution < 1.29 is 0 Å². The first-order chi connectivity index (χ1) is 11.7. The Morgan fingerprint density at radius 3 is 2.38 bits per heavy atom. The number of piperazine rings is 1. The van der Waals surface area contributed by atoms with Crippen molar-refractivity contribution in [2.24, 2.45) is 0 Å². The van der Waals surface area contributed by atoms with Crippen LogP contribution in [0.1, 0.15) is 28.7 Å². The Morgan fingerprint density at radius 1 is 0.833 bits per heavy atom. The summed E-state index contributed by atoms with van der Waals surface area (Å²) in [6.45, 7) is 9.18. The Morgan fingerprint density at radius 2 is 1.58 bits per heavy atom. The quantitative estimate of drug-likeness (QED) is 0.826. The average molecular weight is 320 g/mol. The van der Waals surface area contributed by atoms with Gasteiger partial charge >= 0.3 is 0 Å². The summed E-state index contributed by atoms with van der Waals surface area (Å²) in [5, 5.41) is 0. The average Bonchev–Trinajstić information content (AvgIpc) is 2.64. The van der Waals surface area contributed by atoms with Crippen molar-refractivity contribution in [1.82, 2.24) is 4.90 Å². The van der Waals surface area contributed by atoms with Crippen molar-refractivity contribution in [1.29, 1.82) is 0 Å². The van der Waals surface area contributed by atoms with Crippen LogP contribution in [0.5, 0.6) is 0 Å². The topological polar surface area (TPSA) is 6.48 Å². The van der Waals surface area contributed by atoms with E-state index in [0.29, 0.717) is 0 Å². The van der Waals surface area contributed by atoms with Gasteiger partial charge in [-0.2, -0.15) is 0 Å². The molecule has 1 aliphatic heterocycles. The molecule has 0 amide bonds. The molecule has 2 heteroatoms. The van der Waals surface area contributed by atoms with Gasteiger partial charge in [0.05, 0.1) is 0 Å². The number of nitrogens with zero attached hydrogens (tertiary/aromatic N) is 2. The Kier molecular flexibility index (Phi) is 4.32. The highest BCUT2D eigenvalue weighted by Gasteiger charge is 2.27. The van der Waals surface area contributed by atoms with E-state index in [0.717, 1.165) is 19.1 Å². The van der Waals surface area contributed by atoms with Crippen LogP contribution in [0.4, 0.5) is 5.69 Å². The van der Waals surface area contributed by atoms with Crippen LogP contribution in [-0.2, 0) is 12.8 Å². The summed E-state index contributed by atoms with van der Waals surface area (Å²) in [4.78, 5) is 5.31. The first-order valence-corrected chi connectivity index (χ1v) is 9.34. The van der Waals surface area contributed by atoms with Crippen molar-refractivity contribution in [3.8, 4) is 0 Å². The smallest absolute Gasteiger partial charge is 0.0399 e. The van der Waals surface area contributed by atoms with Crippen LogP contribution >= 0.6 is 0 Å². The summed E-state index contributed by atoms with van der Waals surface area (Å²) in [5.74, 6) is 0. The first kappa shape index (κ1) is 15.7. The highest BCUT2D eigenvalue weighted by atomic mass is 15.3. The fraction of sp³-hybridized carbons (Fsp3) is 0.455. The molecule has 0 unspecified atom stereocenters. The van der Waals surface area contributed by atoms with Crippen LogP contribution < -0.4 is 4.90 Å². The van der Waals surface area contributed by atoms with Crippen molar-refractivity contribution in [3.05, 3.63) is 64.7 Å². The fourth-order valence-electron chi connectivity index (χ4n) is 4.40. The van der Waals surface area contributed by atoms with Crippen LogP contribution in [0.15, 0.2) is 42.5 Å². The third kappa shape index (κ3) is 2.95. The van der Waals surface area contributed by atoms with Crippen molar-refractivity contribution in [2.75, 3.05) is 31.1 Å². The summed E-state index contributed by atoms with van der Waals surface area (Å²) >= 11 is 0. The molecule has 1 fully saturated rings. The van der Waals surface area contributed by atoms with Gasteiger partial charge in [-0.3, -0.25) is 4.90 Å². The second kappa shape index (κ2) is 6.60. The summed E-state index contributed by atoms with van der Waals surface area (Å²) in [7, 11) is 0. The highest BCUT2D eigenvalue weighted by molar-refractivity contribution is 5.56. The molecule has 1 saturated heterocycles. The Labute approximate surface area is 146 Å². The predicted octanol–water partition coefficient (Wildman–Crippen LogP) is 3.98. The molecule has 1 heterocycles. The van der Waals surface area contributed by atoms with Gasteiger partial charge in [-0.25, -0.2) is 0 Å². The molecule has 2 nitrogen and oxygen atoms in total. The van der Waals surface area contributed by atoms with E-state index in [1.54, 1.807) is 11.1 Å². The lowest BCUT2D eigenvalue weighted by molar-refractivity contribution is 0.170. The molecule has 1 atom stereocenters. The van der Waals surface area contributed by atoms with Gasteiger partial charge in [0.2, 0.25) is 0 Å². The Balaban J connectivity index is 1.41. The number of aryl methyl sites for hydroxylation is 2. The minimum Gasteiger partial charge on any atom is -0.369 e. The third-order valence-corrected chi connectivity index (χ3v) is 6.07. The number of benzene rings is 2.